The minimum Gasteiger partial charge on any atom is -0.454 e. The number of rotatable bonds is 3. The topological polar surface area (TPSA) is 37.9 Å². The average molecular weight is 442 g/mol. The van der Waals surface area contributed by atoms with Gasteiger partial charge in [0.15, 0.2) is 11.6 Å². The lowest BCUT2D eigenvalue weighted by Crippen LogP contribution is -1.95. The molecule has 23 heavy (non-hydrogen) atoms. The highest BCUT2D eigenvalue weighted by Crippen LogP contribution is 2.36. The first-order valence-electron chi connectivity index (χ1n) is 6.52. The van der Waals surface area contributed by atoms with Crippen LogP contribution >= 0.6 is 30.3 Å². The maximum atomic E-state index is 14.4. The molecule has 0 atom stereocenters. The summed E-state index contributed by atoms with van der Waals surface area (Å²) in [5.41, 5.74) is 1.25. The van der Waals surface area contributed by atoms with Crippen molar-refractivity contribution in [3.8, 4) is 17.6 Å². The Balaban J connectivity index is 2.09. The highest BCUT2D eigenvalue weighted by atomic mass is 127. The van der Waals surface area contributed by atoms with Gasteiger partial charge in [-0.15, -0.1) is 0 Å². The van der Waals surface area contributed by atoms with Gasteiger partial charge < -0.3 is 4.74 Å². The van der Waals surface area contributed by atoms with Crippen molar-refractivity contribution in [2.45, 2.75) is 6.92 Å². The number of halogens is 3. The lowest BCUT2D eigenvalue weighted by molar-refractivity contribution is 0.438. The summed E-state index contributed by atoms with van der Waals surface area (Å²) in [4.78, 5) is 0. The number of benzene rings is 2. The van der Waals surface area contributed by atoms with Crippen LogP contribution in [0.5, 0.6) is 11.5 Å². The van der Waals surface area contributed by atoms with E-state index in [0.717, 1.165) is 17.0 Å². The zero-order chi connectivity index (χ0) is 16.6. The van der Waals surface area contributed by atoms with Gasteiger partial charge in [0.05, 0.1) is 11.1 Å². The van der Waals surface area contributed by atoms with Crippen molar-refractivity contribution in [3.05, 3.63) is 59.3 Å². The van der Waals surface area contributed by atoms with Crippen molar-refractivity contribution >= 4 is 41.2 Å². The van der Waals surface area contributed by atoms with Gasteiger partial charge in [0.25, 0.3) is 0 Å². The molecule has 0 radical (unpaired) electrons. The Labute approximate surface area is 147 Å². The van der Waals surface area contributed by atoms with Gasteiger partial charge in [0, 0.05) is 59.6 Å². The van der Waals surface area contributed by atoms with Crippen LogP contribution in [0, 0.1) is 29.9 Å². The molecule has 1 heterocycles. The molecule has 0 N–H and O–H groups in total. The molecule has 116 valence electrons. The molecule has 7 heteroatoms. The lowest BCUT2D eigenvalue weighted by Gasteiger charge is -2.12. The number of fused-ring (bicyclic) bond motifs is 1. The third-order valence-corrected chi connectivity index (χ3v) is 5.21. The zero-order valence-corrected chi connectivity index (χ0v) is 14.8. The highest BCUT2D eigenvalue weighted by molar-refractivity contribution is 14.2. The Kier molecular flexibility index (Phi) is 4.46. The van der Waals surface area contributed by atoms with Gasteiger partial charge in [-0.2, -0.15) is 5.26 Å². The van der Waals surface area contributed by atoms with Crippen molar-refractivity contribution < 1.29 is 13.5 Å². The summed E-state index contributed by atoms with van der Waals surface area (Å²) >= 11 is 2.12. The number of hydrogen-bond donors (Lipinski definition) is 0. The zero-order valence-electron chi connectivity index (χ0n) is 11.8. The second-order valence-corrected chi connectivity index (χ2v) is 6.52. The van der Waals surface area contributed by atoms with Gasteiger partial charge in [-0.3, -0.25) is 3.97 Å². The molecule has 0 amide bonds. The van der Waals surface area contributed by atoms with Gasteiger partial charge in [-0.25, -0.2) is 8.78 Å². The van der Waals surface area contributed by atoms with Crippen LogP contribution in [-0.4, -0.2) is 3.97 Å². The number of aryl methyl sites for hydroxylation is 1. The van der Waals surface area contributed by atoms with E-state index in [9.17, 15) is 8.78 Å². The van der Waals surface area contributed by atoms with Crippen LogP contribution in [0.3, 0.4) is 0 Å². The van der Waals surface area contributed by atoms with Crippen LogP contribution in [0.15, 0.2) is 36.5 Å². The third kappa shape index (κ3) is 2.88. The minimum atomic E-state index is -0.636. The quantitative estimate of drug-likeness (QED) is 0.486. The van der Waals surface area contributed by atoms with Crippen LogP contribution in [-0.2, 0) is 0 Å². The summed E-state index contributed by atoms with van der Waals surface area (Å²) in [6.45, 7) is 1.76. The van der Waals surface area contributed by atoms with E-state index in [1.807, 2.05) is 16.2 Å². The molecule has 0 saturated carbocycles. The number of nitrogens with zero attached hydrogens (tertiary/aromatic N) is 2. The van der Waals surface area contributed by atoms with E-state index < -0.39 is 11.6 Å². The summed E-state index contributed by atoms with van der Waals surface area (Å²) in [6, 6.07) is 8.77. The standard InChI is InChI=1S/C16H9F2IN2OS/c1-9-12-4-5-21(23-19)15(12)7-14(18)16(9)22-11-2-3-13(17)10(6-11)8-20/h2-7H,1H3. The molecule has 0 aliphatic heterocycles. The molecule has 0 fully saturated rings. The van der Waals surface area contributed by atoms with E-state index in [1.54, 1.807) is 13.0 Å². The van der Waals surface area contributed by atoms with Crippen molar-refractivity contribution in [1.82, 2.24) is 3.97 Å². The van der Waals surface area contributed by atoms with Crippen LogP contribution in [0.2, 0.25) is 0 Å². The SMILES string of the molecule is Cc1c(Oc2ccc(F)c(C#N)c2)c(F)cc2c1ccn2SI. The summed E-state index contributed by atoms with van der Waals surface area (Å²) in [5, 5.41) is 9.73. The Bertz CT molecular complexity index is 949. The Morgan fingerprint density at radius 2 is 2.00 bits per heavy atom. The Hall–Kier alpha value is -1.79. The normalized spacial score (nSPS) is 10.7. The fourth-order valence-corrected chi connectivity index (χ4v) is 3.69. The molecule has 3 nitrogen and oxygen atoms in total. The summed E-state index contributed by atoms with van der Waals surface area (Å²) < 4.78 is 35.2. The lowest BCUT2D eigenvalue weighted by atomic mass is 10.1. The molecule has 0 aliphatic carbocycles. The molecule has 0 bridgehead atoms. The molecule has 3 rings (SSSR count). The fourth-order valence-electron chi connectivity index (χ4n) is 2.33. The van der Waals surface area contributed by atoms with Crippen LogP contribution in [0.4, 0.5) is 8.78 Å². The van der Waals surface area contributed by atoms with Crippen molar-refractivity contribution in [1.29, 1.82) is 5.26 Å². The molecular formula is C16H9F2IN2OS. The molecule has 0 spiro atoms. The van der Waals surface area contributed by atoms with Gasteiger partial charge in [0.2, 0.25) is 0 Å². The summed E-state index contributed by atoms with van der Waals surface area (Å²) in [5.74, 6) is -0.858. The van der Waals surface area contributed by atoms with E-state index in [1.165, 1.54) is 27.3 Å². The third-order valence-electron chi connectivity index (χ3n) is 3.47. The second kappa shape index (κ2) is 6.37. The van der Waals surface area contributed by atoms with Crippen LogP contribution in [0.1, 0.15) is 11.1 Å². The molecule has 3 aromatic rings. The first-order valence-corrected chi connectivity index (χ1v) is 9.83. The predicted octanol–water partition coefficient (Wildman–Crippen LogP) is 5.74. The minimum absolute atomic E-state index is 0.0733. The number of hydrogen-bond acceptors (Lipinski definition) is 3. The van der Waals surface area contributed by atoms with Crippen molar-refractivity contribution in [2.75, 3.05) is 0 Å². The van der Waals surface area contributed by atoms with Gasteiger partial charge >= 0.3 is 0 Å². The van der Waals surface area contributed by atoms with Crippen molar-refractivity contribution in [2.24, 2.45) is 0 Å². The molecule has 2 aromatic carbocycles. The predicted molar refractivity (Wildman–Crippen MR) is 94.8 cm³/mol. The Morgan fingerprint density at radius 3 is 2.70 bits per heavy atom. The van der Waals surface area contributed by atoms with Crippen LogP contribution in [0.25, 0.3) is 10.9 Å². The molecule has 1 aromatic heterocycles. The smallest absolute Gasteiger partial charge is 0.168 e. The summed E-state index contributed by atoms with van der Waals surface area (Å²) in [6.07, 6.45) is 1.85. The van der Waals surface area contributed by atoms with E-state index >= 15 is 0 Å². The molecule has 0 saturated heterocycles. The van der Waals surface area contributed by atoms with E-state index in [-0.39, 0.29) is 17.1 Å². The molecule has 0 unspecified atom stereocenters. The van der Waals surface area contributed by atoms with Crippen LogP contribution < -0.4 is 4.74 Å². The molecular weight excluding hydrogens is 433 g/mol. The number of nitriles is 1. The second-order valence-electron chi connectivity index (χ2n) is 4.81. The maximum absolute atomic E-state index is 14.4. The monoisotopic (exact) mass is 442 g/mol. The van der Waals surface area contributed by atoms with E-state index in [4.69, 9.17) is 10.00 Å². The van der Waals surface area contributed by atoms with E-state index in [0.29, 0.717) is 5.56 Å². The largest absolute Gasteiger partial charge is 0.454 e. The fraction of sp³-hybridized carbons (Fsp3) is 0.0625. The van der Waals surface area contributed by atoms with Gasteiger partial charge in [-0.05, 0) is 25.1 Å². The van der Waals surface area contributed by atoms with Gasteiger partial charge in [0.1, 0.15) is 17.6 Å². The maximum Gasteiger partial charge on any atom is 0.168 e. The first-order chi connectivity index (χ1) is 11.0. The molecule has 0 aliphatic rings. The van der Waals surface area contributed by atoms with Crippen molar-refractivity contribution in [3.63, 3.8) is 0 Å². The number of ether oxygens (including phenoxy) is 1. The Morgan fingerprint density at radius 1 is 1.22 bits per heavy atom. The first kappa shape index (κ1) is 16.1. The average Bonchev–Trinajstić information content (AvgIpc) is 2.95. The summed E-state index contributed by atoms with van der Waals surface area (Å²) in [7, 11) is 1.44. The van der Waals surface area contributed by atoms with E-state index in [2.05, 4.69) is 21.2 Å². The van der Waals surface area contributed by atoms with Gasteiger partial charge in [-0.1, -0.05) is 0 Å². The number of aromatic nitrogens is 1. The highest BCUT2D eigenvalue weighted by Gasteiger charge is 2.16.